The summed E-state index contributed by atoms with van der Waals surface area (Å²) >= 11 is 0. The average molecular weight is 306 g/mol. The SMILES string of the molecule is CC(C)(C)[Si](C)(C)OC/C=C/COC(=O)c1ccccc1. The van der Waals surface area contributed by atoms with Crippen molar-refractivity contribution in [1.82, 2.24) is 0 Å². The highest BCUT2D eigenvalue weighted by atomic mass is 28.4. The molecule has 0 amide bonds. The molecule has 0 fully saturated rings. The van der Waals surface area contributed by atoms with Gasteiger partial charge in [0, 0.05) is 0 Å². The maximum absolute atomic E-state index is 11.7. The number of hydrogen-bond donors (Lipinski definition) is 0. The third-order valence-corrected chi connectivity index (χ3v) is 8.33. The van der Waals surface area contributed by atoms with E-state index in [-0.39, 0.29) is 17.6 Å². The molecule has 1 aromatic rings. The second kappa shape index (κ2) is 7.57. The van der Waals surface area contributed by atoms with Crippen molar-refractivity contribution in [3.63, 3.8) is 0 Å². The third-order valence-electron chi connectivity index (χ3n) is 3.83. The van der Waals surface area contributed by atoms with Gasteiger partial charge in [0.2, 0.25) is 0 Å². The highest BCUT2D eigenvalue weighted by Gasteiger charge is 2.36. The molecule has 116 valence electrons. The van der Waals surface area contributed by atoms with Crippen molar-refractivity contribution in [2.24, 2.45) is 0 Å². The summed E-state index contributed by atoms with van der Waals surface area (Å²) in [5.74, 6) is -0.300. The lowest BCUT2D eigenvalue weighted by Crippen LogP contribution is -2.40. The summed E-state index contributed by atoms with van der Waals surface area (Å²) in [7, 11) is -1.70. The minimum absolute atomic E-state index is 0.209. The molecule has 0 N–H and O–H groups in total. The van der Waals surface area contributed by atoms with E-state index in [1.165, 1.54) is 0 Å². The fourth-order valence-electron chi connectivity index (χ4n) is 1.39. The van der Waals surface area contributed by atoms with Crippen LogP contribution >= 0.6 is 0 Å². The first-order valence-corrected chi connectivity index (χ1v) is 10.2. The van der Waals surface area contributed by atoms with Crippen LogP contribution in [0.3, 0.4) is 0 Å². The Morgan fingerprint density at radius 3 is 2.24 bits per heavy atom. The molecule has 0 spiro atoms. The van der Waals surface area contributed by atoms with E-state index < -0.39 is 8.32 Å². The molecule has 0 heterocycles. The zero-order valence-corrected chi connectivity index (χ0v) is 14.7. The highest BCUT2D eigenvalue weighted by Crippen LogP contribution is 2.36. The topological polar surface area (TPSA) is 35.5 Å². The van der Waals surface area contributed by atoms with Crippen LogP contribution in [0, 0.1) is 0 Å². The largest absolute Gasteiger partial charge is 0.458 e. The van der Waals surface area contributed by atoms with Gasteiger partial charge in [-0.1, -0.05) is 45.0 Å². The van der Waals surface area contributed by atoms with E-state index >= 15 is 0 Å². The van der Waals surface area contributed by atoms with Crippen LogP contribution in [-0.4, -0.2) is 27.5 Å². The van der Waals surface area contributed by atoms with E-state index in [0.29, 0.717) is 12.2 Å². The third kappa shape index (κ3) is 5.85. The van der Waals surface area contributed by atoms with E-state index in [0.717, 1.165) is 0 Å². The Morgan fingerprint density at radius 1 is 1.10 bits per heavy atom. The lowest BCUT2D eigenvalue weighted by atomic mass is 10.2. The molecule has 0 saturated heterocycles. The van der Waals surface area contributed by atoms with Crippen molar-refractivity contribution in [2.45, 2.75) is 38.9 Å². The predicted molar refractivity (Wildman–Crippen MR) is 89.0 cm³/mol. The number of carbonyl (C=O) groups is 1. The smallest absolute Gasteiger partial charge is 0.338 e. The second-order valence-electron chi connectivity index (χ2n) is 6.51. The van der Waals surface area contributed by atoms with Crippen LogP contribution in [0.1, 0.15) is 31.1 Å². The van der Waals surface area contributed by atoms with Crippen LogP contribution in [0.15, 0.2) is 42.5 Å². The molecule has 21 heavy (non-hydrogen) atoms. The van der Waals surface area contributed by atoms with Gasteiger partial charge in [-0.25, -0.2) is 4.79 Å². The van der Waals surface area contributed by atoms with Gasteiger partial charge in [0.25, 0.3) is 0 Å². The molecule has 1 rings (SSSR count). The van der Waals surface area contributed by atoms with Gasteiger partial charge in [-0.05, 0) is 36.3 Å². The molecule has 3 nitrogen and oxygen atoms in total. The van der Waals surface area contributed by atoms with Crippen LogP contribution in [0.5, 0.6) is 0 Å². The Kier molecular flexibility index (Phi) is 6.36. The Bertz CT molecular complexity index is 473. The van der Waals surface area contributed by atoms with Crippen molar-refractivity contribution in [1.29, 1.82) is 0 Å². The molecule has 0 aliphatic rings. The van der Waals surface area contributed by atoms with Crippen LogP contribution in [-0.2, 0) is 9.16 Å². The molecular weight excluding hydrogens is 280 g/mol. The molecule has 0 aliphatic carbocycles. The number of carbonyl (C=O) groups excluding carboxylic acids is 1. The van der Waals surface area contributed by atoms with Gasteiger partial charge in [0.15, 0.2) is 8.32 Å². The van der Waals surface area contributed by atoms with Gasteiger partial charge >= 0.3 is 5.97 Å². The van der Waals surface area contributed by atoms with Crippen molar-refractivity contribution in [3.8, 4) is 0 Å². The van der Waals surface area contributed by atoms with Gasteiger partial charge in [-0.3, -0.25) is 0 Å². The fourth-order valence-corrected chi connectivity index (χ4v) is 2.34. The summed E-state index contributed by atoms with van der Waals surface area (Å²) in [6.45, 7) is 11.9. The van der Waals surface area contributed by atoms with Gasteiger partial charge in [0.1, 0.15) is 6.61 Å². The Hall–Kier alpha value is -1.39. The van der Waals surface area contributed by atoms with Crippen molar-refractivity contribution in [2.75, 3.05) is 13.2 Å². The van der Waals surface area contributed by atoms with Gasteiger partial charge in [0.05, 0.1) is 12.2 Å². The molecule has 4 heteroatoms. The number of ether oxygens (including phenoxy) is 1. The molecule has 0 saturated carbocycles. The quantitative estimate of drug-likeness (QED) is 0.443. The summed E-state index contributed by atoms with van der Waals surface area (Å²) in [5.41, 5.74) is 0.573. The van der Waals surface area contributed by atoms with E-state index in [2.05, 4.69) is 33.9 Å². The van der Waals surface area contributed by atoms with Crippen LogP contribution in [0.25, 0.3) is 0 Å². The molecule has 0 unspecified atom stereocenters. The molecule has 0 atom stereocenters. The summed E-state index contributed by atoms with van der Waals surface area (Å²) in [4.78, 5) is 11.7. The number of benzene rings is 1. The van der Waals surface area contributed by atoms with Gasteiger partial charge in [-0.15, -0.1) is 0 Å². The van der Waals surface area contributed by atoms with Crippen molar-refractivity contribution >= 4 is 14.3 Å². The average Bonchev–Trinajstić information content (AvgIpc) is 2.42. The van der Waals surface area contributed by atoms with E-state index in [1.54, 1.807) is 12.1 Å². The Morgan fingerprint density at radius 2 is 1.67 bits per heavy atom. The summed E-state index contributed by atoms with van der Waals surface area (Å²) < 4.78 is 11.2. The first-order chi connectivity index (χ1) is 9.74. The molecule has 0 bridgehead atoms. The maximum atomic E-state index is 11.7. The molecule has 0 aliphatic heterocycles. The minimum atomic E-state index is -1.70. The summed E-state index contributed by atoms with van der Waals surface area (Å²) in [6.07, 6.45) is 3.74. The lowest BCUT2D eigenvalue weighted by molar-refractivity contribution is 0.0549. The zero-order chi connectivity index (χ0) is 15.9. The molecule has 1 aromatic carbocycles. The highest BCUT2D eigenvalue weighted by molar-refractivity contribution is 6.74. The lowest BCUT2D eigenvalue weighted by Gasteiger charge is -2.35. The first kappa shape index (κ1) is 17.7. The monoisotopic (exact) mass is 306 g/mol. The standard InChI is InChI=1S/C17H26O3Si/c1-17(2,3)21(4,5)20-14-10-9-13-19-16(18)15-11-7-6-8-12-15/h6-12H,13-14H2,1-5H3/b10-9+. The minimum Gasteiger partial charge on any atom is -0.458 e. The molecule has 0 radical (unpaired) electrons. The fraction of sp³-hybridized carbons (Fsp3) is 0.471. The van der Waals surface area contributed by atoms with E-state index in [1.807, 2.05) is 30.4 Å². The predicted octanol–water partition coefficient (Wildman–Crippen LogP) is 4.42. The summed E-state index contributed by atoms with van der Waals surface area (Å²) in [6, 6.07) is 8.99. The molecule has 0 aromatic heterocycles. The number of rotatable bonds is 6. The van der Waals surface area contributed by atoms with Crippen LogP contribution < -0.4 is 0 Å². The van der Waals surface area contributed by atoms with Crippen LogP contribution in [0.4, 0.5) is 0 Å². The van der Waals surface area contributed by atoms with E-state index in [4.69, 9.17) is 9.16 Å². The van der Waals surface area contributed by atoms with E-state index in [9.17, 15) is 4.79 Å². The molecular formula is C17H26O3Si. The Balaban J connectivity index is 2.29. The first-order valence-electron chi connectivity index (χ1n) is 7.25. The van der Waals surface area contributed by atoms with Crippen molar-refractivity contribution < 1.29 is 14.0 Å². The number of hydrogen-bond acceptors (Lipinski definition) is 3. The van der Waals surface area contributed by atoms with Crippen LogP contribution in [0.2, 0.25) is 18.1 Å². The second-order valence-corrected chi connectivity index (χ2v) is 11.3. The van der Waals surface area contributed by atoms with Gasteiger partial charge in [-0.2, -0.15) is 0 Å². The summed E-state index contributed by atoms with van der Waals surface area (Å²) in [5, 5.41) is 0.209. The van der Waals surface area contributed by atoms with Crippen molar-refractivity contribution in [3.05, 3.63) is 48.0 Å². The maximum Gasteiger partial charge on any atom is 0.338 e. The normalized spacial score (nSPS) is 12.6. The zero-order valence-electron chi connectivity index (χ0n) is 13.7. The van der Waals surface area contributed by atoms with Gasteiger partial charge < -0.3 is 9.16 Å². The number of esters is 1. The Labute approximate surface area is 129 Å².